The van der Waals surface area contributed by atoms with Gasteiger partial charge in [0.05, 0.1) is 0 Å². The first-order chi connectivity index (χ1) is 9.22. The van der Waals surface area contributed by atoms with Crippen molar-refractivity contribution < 1.29 is 4.42 Å². The Balaban J connectivity index is 1.77. The third-order valence-electron chi connectivity index (χ3n) is 3.63. The number of aromatic nitrogens is 2. The van der Waals surface area contributed by atoms with Crippen molar-refractivity contribution in [3.63, 3.8) is 0 Å². The normalized spacial score (nSPS) is 16.8. The van der Waals surface area contributed by atoms with Crippen LogP contribution >= 0.6 is 0 Å². The van der Waals surface area contributed by atoms with Gasteiger partial charge in [-0.3, -0.25) is 0 Å². The van der Waals surface area contributed by atoms with Crippen LogP contribution in [0.1, 0.15) is 19.8 Å². The van der Waals surface area contributed by atoms with Gasteiger partial charge >= 0.3 is 6.01 Å². The number of benzene rings is 1. The number of anilines is 2. The molecule has 1 aromatic heterocycles. The summed E-state index contributed by atoms with van der Waals surface area (Å²) in [6.07, 6.45) is 2.36. The molecule has 1 fully saturated rings. The third kappa shape index (κ3) is 2.54. The summed E-state index contributed by atoms with van der Waals surface area (Å²) >= 11 is 0. The highest BCUT2D eigenvalue weighted by atomic mass is 16.4. The first-order valence-corrected chi connectivity index (χ1v) is 6.67. The van der Waals surface area contributed by atoms with E-state index >= 15 is 0 Å². The highest BCUT2D eigenvalue weighted by Gasteiger charge is 2.20. The number of hydrogen-bond donors (Lipinski definition) is 1. The van der Waals surface area contributed by atoms with E-state index in [0.29, 0.717) is 11.9 Å². The average molecular weight is 258 g/mol. The van der Waals surface area contributed by atoms with Crippen LogP contribution in [-0.4, -0.2) is 23.3 Å². The Morgan fingerprint density at radius 1 is 1.16 bits per heavy atom. The van der Waals surface area contributed by atoms with Gasteiger partial charge in [0.15, 0.2) is 0 Å². The largest absolute Gasteiger partial charge is 0.403 e. The molecule has 3 rings (SSSR count). The Morgan fingerprint density at radius 3 is 2.53 bits per heavy atom. The zero-order valence-corrected chi connectivity index (χ0v) is 11.0. The van der Waals surface area contributed by atoms with E-state index in [2.05, 4.69) is 22.0 Å². The summed E-state index contributed by atoms with van der Waals surface area (Å²) in [7, 11) is 0. The molecule has 0 saturated carbocycles. The Kier molecular flexibility index (Phi) is 3.11. The molecule has 5 nitrogen and oxygen atoms in total. The van der Waals surface area contributed by atoms with Gasteiger partial charge in [0.1, 0.15) is 0 Å². The molecule has 0 amide bonds. The van der Waals surface area contributed by atoms with E-state index in [1.54, 1.807) is 0 Å². The number of hydrogen-bond acceptors (Lipinski definition) is 5. The lowest BCUT2D eigenvalue weighted by Crippen LogP contribution is -2.32. The van der Waals surface area contributed by atoms with Gasteiger partial charge in [0.25, 0.3) is 0 Å². The summed E-state index contributed by atoms with van der Waals surface area (Å²) in [6.45, 7) is 4.26. The quantitative estimate of drug-likeness (QED) is 0.838. The van der Waals surface area contributed by atoms with E-state index in [0.717, 1.165) is 30.3 Å². The van der Waals surface area contributed by atoms with Gasteiger partial charge in [-0.2, -0.15) is 0 Å². The van der Waals surface area contributed by atoms with E-state index in [9.17, 15) is 0 Å². The molecule has 1 aromatic carbocycles. The number of rotatable bonds is 2. The van der Waals surface area contributed by atoms with Crippen molar-refractivity contribution in [3.05, 3.63) is 24.3 Å². The molecule has 100 valence electrons. The van der Waals surface area contributed by atoms with Crippen molar-refractivity contribution in [1.82, 2.24) is 10.2 Å². The second-order valence-electron chi connectivity index (χ2n) is 5.18. The summed E-state index contributed by atoms with van der Waals surface area (Å²) in [4.78, 5) is 2.16. The van der Waals surface area contributed by atoms with Crippen molar-refractivity contribution in [2.24, 2.45) is 5.92 Å². The number of nitrogen functional groups attached to an aromatic ring is 1. The minimum Gasteiger partial charge on any atom is -0.403 e. The number of nitrogens with two attached hydrogens (primary N) is 1. The fourth-order valence-electron chi connectivity index (χ4n) is 2.29. The molecule has 0 unspecified atom stereocenters. The maximum absolute atomic E-state index is 5.75. The lowest BCUT2D eigenvalue weighted by Gasteiger charge is -2.28. The average Bonchev–Trinajstić information content (AvgIpc) is 2.90. The minimum absolute atomic E-state index is 0.550. The van der Waals surface area contributed by atoms with Crippen molar-refractivity contribution in [2.45, 2.75) is 19.8 Å². The molecular weight excluding hydrogens is 240 g/mol. The molecule has 0 spiro atoms. The van der Waals surface area contributed by atoms with Crippen LogP contribution in [0.25, 0.3) is 11.5 Å². The number of piperidine rings is 1. The van der Waals surface area contributed by atoms with Crippen LogP contribution in [0.15, 0.2) is 28.7 Å². The fourth-order valence-corrected chi connectivity index (χ4v) is 2.29. The fraction of sp³-hybridized carbons (Fsp3) is 0.429. The standard InChI is InChI=1S/C14H18N4O/c1-10-6-8-18(9-7-10)14-17-16-13(19-14)11-2-4-12(15)5-3-11/h2-5,10H,6-9,15H2,1H3. The molecule has 2 N–H and O–H groups in total. The van der Waals surface area contributed by atoms with E-state index in [4.69, 9.17) is 10.2 Å². The van der Waals surface area contributed by atoms with Crippen LogP contribution < -0.4 is 10.6 Å². The van der Waals surface area contributed by atoms with Crippen molar-refractivity contribution in [3.8, 4) is 11.5 Å². The molecular formula is C14H18N4O. The van der Waals surface area contributed by atoms with E-state index in [1.165, 1.54) is 12.8 Å². The Bertz CT molecular complexity index is 541. The molecule has 5 heteroatoms. The molecule has 0 atom stereocenters. The smallest absolute Gasteiger partial charge is 0.318 e. The SMILES string of the molecule is CC1CCN(c2nnc(-c3ccc(N)cc3)o2)CC1. The summed E-state index contributed by atoms with van der Waals surface area (Å²) in [5, 5.41) is 8.25. The summed E-state index contributed by atoms with van der Waals surface area (Å²) in [5.41, 5.74) is 7.30. The highest BCUT2D eigenvalue weighted by molar-refractivity contribution is 5.57. The molecule has 19 heavy (non-hydrogen) atoms. The maximum Gasteiger partial charge on any atom is 0.318 e. The van der Waals surface area contributed by atoms with Gasteiger partial charge in [-0.25, -0.2) is 0 Å². The summed E-state index contributed by atoms with van der Waals surface area (Å²) in [6, 6.07) is 8.08. The van der Waals surface area contributed by atoms with Crippen molar-refractivity contribution in [2.75, 3.05) is 23.7 Å². The first kappa shape index (κ1) is 12.0. The first-order valence-electron chi connectivity index (χ1n) is 6.67. The van der Waals surface area contributed by atoms with Crippen molar-refractivity contribution >= 4 is 11.7 Å². The van der Waals surface area contributed by atoms with Crippen LogP contribution in [0.3, 0.4) is 0 Å². The lowest BCUT2D eigenvalue weighted by molar-refractivity contribution is 0.414. The predicted molar refractivity (Wildman–Crippen MR) is 74.8 cm³/mol. The zero-order chi connectivity index (χ0) is 13.2. The van der Waals surface area contributed by atoms with Crippen LogP contribution in [0, 0.1) is 5.92 Å². The highest BCUT2D eigenvalue weighted by Crippen LogP contribution is 2.25. The Morgan fingerprint density at radius 2 is 1.84 bits per heavy atom. The zero-order valence-electron chi connectivity index (χ0n) is 11.0. The van der Waals surface area contributed by atoms with Crippen LogP contribution in [0.5, 0.6) is 0 Å². The van der Waals surface area contributed by atoms with Crippen LogP contribution in [0.4, 0.5) is 11.7 Å². The molecule has 0 radical (unpaired) electrons. The number of nitrogens with zero attached hydrogens (tertiary/aromatic N) is 3. The van der Waals surface area contributed by atoms with Gasteiger partial charge in [0, 0.05) is 24.3 Å². The van der Waals surface area contributed by atoms with Gasteiger partial charge < -0.3 is 15.1 Å². The van der Waals surface area contributed by atoms with E-state index < -0.39 is 0 Å². The van der Waals surface area contributed by atoms with E-state index in [1.807, 2.05) is 24.3 Å². The molecule has 0 bridgehead atoms. The summed E-state index contributed by atoms with van der Waals surface area (Å²) in [5.74, 6) is 1.34. The van der Waals surface area contributed by atoms with Crippen LogP contribution in [-0.2, 0) is 0 Å². The predicted octanol–water partition coefficient (Wildman–Crippen LogP) is 2.56. The van der Waals surface area contributed by atoms with Gasteiger partial charge in [-0.05, 0) is 43.0 Å². The van der Waals surface area contributed by atoms with Gasteiger partial charge in [-0.15, -0.1) is 5.10 Å². The maximum atomic E-state index is 5.75. The molecule has 0 aliphatic carbocycles. The topological polar surface area (TPSA) is 68.2 Å². The molecule has 1 aliphatic rings. The molecule has 1 saturated heterocycles. The lowest BCUT2D eigenvalue weighted by atomic mass is 10.00. The van der Waals surface area contributed by atoms with Gasteiger partial charge in [0.2, 0.25) is 5.89 Å². The van der Waals surface area contributed by atoms with E-state index in [-0.39, 0.29) is 0 Å². The van der Waals surface area contributed by atoms with Gasteiger partial charge in [-0.1, -0.05) is 12.0 Å². The Labute approximate surface area is 112 Å². The molecule has 1 aliphatic heterocycles. The summed E-state index contributed by atoms with van der Waals surface area (Å²) < 4.78 is 5.75. The van der Waals surface area contributed by atoms with Crippen molar-refractivity contribution in [1.29, 1.82) is 0 Å². The second-order valence-corrected chi connectivity index (χ2v) is 5.18. The third-order valence-corrected chi connectivity index (χ3v) is 3.63. The molecule has 2 aromatic rings. The van der Waals surface area contributed by atoms with Crippen LogP contribution in [0.2, 0.25) is 0 Å². The molecule has 2 heterocycles. The monoisotopic (exact) mass is 258 g/mol. The second kappa shape index (κ2) is 4.91. The minimum atomic E-state index is 0.550. The Hall–Kier alpha value is -2.04.